The van der Waals surface area contributed by atoms with E-state index in [0.29, 0.717) is 22.0 Å². The second-order valence-electron chi connectivity index (χ2n) is 5.66. The number of hydrogen-bond donors (Lipinski definition) is 0. The van der Waals surface area contributed by atoms with Crippen molar-refractivity contribution in [1.29, 1.82) is 0 Å². The van der Waals surface area contributed by atoms with E-state index in [-0.39, 0.29) is 10.5 Å². The van der Waals surface area contributed by atoms with Gasteiger partial charge in [0, 0.05) is 42.1 Å². The van der Waals surface area contributed by atoms with E-state index in [1.54, 1.807) is 18.2 Å². The molecule has 2 rings (SSSR count). The van der Waals surface area contributed by atoms with Crippen LogP contribution in [0, 0.1) is 0 Å². The van der Waals surface area contributed by atoms with E-state index in [4.69, 9.17) is 23.2 Å². The first-order chi connectivity index (χ1) is 9.39. The molecule has 0 bridgehead atoms. The van der Waals surface area contributed by atoms with Crippen molar-refractivity contribution in [2.24, 2.45) is 0 Å². The van der Waals surface area contributed by atoms with Gasteiger partial charge >= 0.3 is 0 Å². The van der Waals surface area contributed by atoms with Gasteiger partial charge in [0.2, 0.25) is 0 Å². The summed E-state index contributed by atoms with van der Waals surface area (Å²) >= 11 is 14.0. The Labute approximate surface area is 134 Å². The molecule has 0 aliphatic carbocycles. The lowest BCUT2D eigenvalue weighted by atomic mass is 10.1. The molecule has 1 saturated heterocycles. The summed E-state index contributed by atoms with van der Waals surface area (Å²) in [5.41, 5.74) is 0.532. The maximum Gasteiger partial charge on any atom is 0.165 e. The van der Waals surface area contributed by atoms with E-state index in [1.165, 1.54) is 0 Å². The molecule has 1 fully saturated rings. The highest BCUT2D eigenvalue weighted by molar-refractivity contribution is 8.00. The van der Waals surface area contributed by atoms with Crippen LogP contribution in [0.4, 0.5) is 0 Å². The monoisotopic (exact) mass is 331 g/mol. The topological polar surface area (TPSA) is 20.3 Å². The first-order valence-electron chi connectivity index (χ1n) is 6.72. The summed E-state index contributed by atoms with van der Waals surface area (Å²) < 4.78 is 0.273. The summed E-state index contributed by atoms with van der Waals surface area (Å²) in [6, 6.07) is 5.21. The van der Waals surface area contributed by atoms with E-state index in [9.17, 15) is 4.79 Å². The van der Waals surface area contributed by atoms with Gasteiger partial charge in [-0.1, -0.05) is 29.3 Å². The average Bonchev–Trinajstić information content (AvgIpc) is 2.38. The summed E-state index contributed by atoms with van der Waals surface area (Å²) in [5, 5.41) is 0.807. The van der Waals surface area contributed by atoms with E-state index in [1.807, 2.05) is 11.8 Å². The summed E-state index contributed by atoms with van der Waals surface area (Å²) in [6.07, 6.45) is 0.487. The normalized spacial score (nSPS) is 19.0. The highest BCUT2D eigenvalue weighted by Crippen LogP contribution is 2.30. The van der Waals surface area contributed by atoms with Crippen molar-refractivity contribution in [1.82, 2.24) is 4.90 Å². The number of Topliss-reactive ketones (excluding diaryl/α,β-unsaturated/α-hetero) is 1. The zero-order chi connectivity index (χ0) is 14.8. The van der Waals surface area contributed by atoms with E-state index >= 15 is 0 Å². The highest BCUT2D eigenvalue weighted by Gasteiger charge is 2.27. The summed E-state index contributed by atoms with van der Waals surface area (Å²) in [7, 11) is 0. The highest BCUT2D eigenvalue weighted by atomic mass is 35.5. The van der Waals surface area contributed by atoms with Gasteiger partial charge in [0.15, 0.2) is 5.78 Å². The predicted molar refractivity (Wildman–Crippen MR) is 88.4 cm³/mol. The molecule has 0 amide bonds. The Bertz CT molecular complexity index is 505. The van der Waals surface area contributed by atoms with Gasteiger partial charge in [0.25, 0.3) is 0 Å². The molecular formula is C15H19Cl2NOS. The van der Waals surface area contributed by atoms with Crippen LogP contribution in [-0.2, 0) is 0 Å². The van der Waals surface area contributed by atoms with Crippen LogP contribution in [0.15, 0.2) is 18.2 Å². The minimum absolute atomic E-state index is 0.0635. The van der Waals surface area contributed by atoms with Gasteiger partial charge in [-0.2, -0.15) is 11.8 Å². The molecule has 1 heterocycles. The molecule has 0 unspecified atom stereocenters. The summed E-state index contributed by atoms with van der Waals surface area (Å²) in [5.74, 6) is 1.19. The number of carbonyl (C=O) groups is 1. The molecule has 1 aromatic rings. The SMILES string of the molecule is CC1(C)CN(CCC(=O)c2cccc(Cl)c2Cl)CCS1. The van der Waals surface area contributed by atoms with Crippen LogP contribution < -0.4 is 0 Å². The van der Waals surface area contributed by atoms with Gasteiger partial charge in [-0.25, -0.2) is 0 Å². The number of rotatable bonds is 4. The van der Waals surface area contributed by atoms with Crippen molar-refractivity contribution in [2.45, 2.75) is 25.0 Å². The van der Waals surface area contributed by atoms with Gasteiger partial charge in [0.1, 0.15) is 0 Å². The fraction of sp³-hybridized carbons (Fsp3) is 0.533. The number of benzene rings is 1. The Hall–Kier alpha value is -0.220. The predicted octanol–water partition coefficient (Wildman–Crippen LogP) is 4.39. The third-order valence-corrected chi connectivity index (χ3v) is 5.53. The molecule has 2 nitrogen and oxygen atoms in total. The lowest BCUT2D eigenvalue weighted by molar-refractivity contribution is 0.0963. The van der Waals surface area contributed by atoms with Crippen molar-refractivity contribution in [3.8, 4) is 0 Å². The molecule has 0 spiro atoms. The Kier molecular flexibility index (Phi) is 5.41. The number of thioether (sulfide) groups is 1. The largest absolute Gasteiger partial charge is 0.301 e. The van der Waals surface area contributed by atoms with Crippen LogP contribution in [-0.4, -0.2) is 40.8 Å². The van der Waals surface area contributed by atoms with E-state index in [2.05, 4.69) is 18.7 Å². The van der Waals surface area contributed by atoms with Gasteiger partial charge < -0.3 is 4.90 Å². The van der Waals surface area contributed by atoms with Crippen LogP contribution in [0.3, 0.4) is 0 Å². The molecule has 0 radical (unpaired) electrons. The van der Waals surface area contributed by atoms with Crippen LogP contribution in [0.5, 0.6) is 0 Å². The Morgan fingerprint density at radius 3 is 2.85 bits per heavy atom. The maximum atomic E-state index is 12.2. The van der Waals surface area contributed by atoms with Crippen LogP contribution in [0.1, 0.15) is 30.6 Å². The maximum absolute atomic E-state index is 12.2. The minimum Gasteiger partial charge on any atom is -0.301 e. The molecule has 5 heteroatoms. The lowest BCUT2D eigenvalue weighted by Crippen LogP contribution is -2.43. The third kappa shape index (κ3) is 4.14. The standard InChI is InChI=1S/C15H19Cl2NOS/c1-15(2)10-18(8-9-20-15)7-6-13(19)11-4-3-5-12(16)14(11)17/h3-5H,6-10H2,1-2H3. The number of hydrogen-bond acceptors (Lipinski definition) is 3. The van der Waals surface area contributed by atoms with Crippen LogP contribution >= 0.6 is 35.0 Å². The van der Waals surface area contributed by atoms with Gasteiger partial charge in [-0.15, -0.1) is 0 Å². The molecule has 110 valence electrons. The molecule has 1 aliphatic rings. The summed E-state index contributed by atoms with van der Waals surface area (Å²) in [6.45, 7) is 7.35. The van der Waals surface area contributed by atoms with E-state index < -0.39 is 0 Å². The fourth-order valence-electron chi connectivity index (χ4n) is 2.42. The summed E-state index contributed by atoms with van der Waals surface area (Å²) in [4.78, 5) is 14.6. The zero-order valence-electron chi connectivity index (χ0n) is 11.8. The lowest BCUT2D eigenvalue weighted by Gasteiger charge is -2.37. The zero-order valence-corrected chi connectivity index (χ0v) is 14.1. The molecular weight excluding hydrogens is 313 g/mol. The fourth-order valence-corrected chi connectivity index (χ4v) is 4.00. The first-order valence-corrected chi connectivity index (χ1v) is 8.47. The smallest absolute Gasteiger partial charge is 0.165 e. The second kappa shape index (κ2) is 6.69. The Morgan fingerprint density at radius 1 is 1.40 bits per heavy atom. The van der Waals surface area contributed by atoms with Crippen LogP contribution in [0.2, 0.25) is 10.0 Å². The molecule has 0 atom stereocenters. The van der Waals surface area contributed by atoms with E-state index in [0.717, 1.165) is 25.4 Å². The van der Waals surface area contributed by atoms with Gasteiger partial charge in [0.05, 0.1) is 10.0 Å². The first kappa shape index (κ1) is 16.2. The molecule has 20 heavy (non-hydrogen) atoms. The van der Waals surface area contributed by atoms with Crippen molar-refractivity contribution >= 4 is 40.7 Å². The van der Waals surface area contributed by atoms with Crippen molar-refractivity contribution < 1.29 is 4.79 Å². The van der Waals surface area contributed by atoms with Gasteiger partial charge in [-0.3, -0.25) is 4.79 Å². The molecule has 1 aromatic carbocycles. The molecule has 0 saturated carbocycles. The van der Waals surface area contributed by atoms with Crippen molar-refractivity contribution in [3.05, 3.63) is 33.8 Å². The molecule has 0 N–H and O–H groups in total. The quantitative estimate of drug-likeness (QED) is 0.763. The average molecular weight is 332 g/mol. The number of carbonyl (C=O) groups excluding carboxylic acids is 1. The van der Waals surface area contributed by atoms with Crippen LogP contribution in [0.25, 0.3) is 0 Å². The Balaban J connectivity index is 1.94. The van der Waals surface area contributed by atoms with Crippen molar-refractivity contribution in [2.75, 3.05) is 25.4 Å². The number of ketones is 1. The van der Waals surface area contributed by atoms with Gasteiger partial charge in [-0.05, 0) is 26.0 Å². The third-order valence-electron chi connectivity index (χ3n) is 3.41. The molecule has 0 aromatic heterocycles. The minimum atomic E-state index is 0.0635. The molecule has 1 aliphatic heterocycles. The number of halogens is 2. The Morgan fingerprint density at radius 2 is 2.15 bits per heavy atom. The van der Waals surface area contributed by atoms with Crippen molar-refractivity contribution in [3.63, 3.8) is 0 Å². The second-order valence-corrected chi connectivity index (χ2v) is 8.25. The number of nitrogens with zero attached hydrogens (tertiary/aromatic N) is 1.